The maximum atomic E-state index is 5.55. The van der Waals surface area contributed by atoms with E-state index >= 15 is 0 Å². The molecule has 0 fully saturated rings. The van der Waals surface area contributed by atoms with E-state index in [1.807, 2.05) is 6.07 Å². The summed E-state index contributed by atoms with van der Waals surface area (Å²) in [7, 11) is 1.72. The van der Waals surface area contributed by atoms with E-state index in [1.165, 1.54) is 22.3 Å². The van der Waals surface area contributed by atoms with Gasteiger partial charge < -0.3 is 15.4 Å². The molecule has 0 radical (unpaired) electrons. The lowest BCUT2D eigenvalue weighted by molar-refractivity contribution is 0.412. The van der Waals surface area contributed by atoms with Gasteiger partial charge in [0, 0.05) is 6.54 Å². The minimum atomic E-state index is 0.180. The van der Waals surface area contributed by atoms with Crippen LogP contribution in [0, 0.1) is 0 Å². The van der Waals surface area contributed by atoms with Crippen LogP contribution in [0.2, 0.25) is 0 Å². The first kappa shape index (κ1) is 19.7. The van der Waals surface area contributed by atoms with Crippen molar-refractivity contribution in [1.29, 1.82) is 0 Å². The molecule has 0 aliphatic heterocycles. The van der Waals surface area contributed by atoms with Crippen LogP contribution < -0.4 is 15.4 Å². The van der Waals surface area contributed by atoms with Gasteiger partial charge in [0.15, 0.2) is 5.11 Å². The van der Waals surface area contributed by atoms with E-state index in [-0.39, 0.29) is 11.5 Å². The molecule has 4 heteroatoms. The maximum absolute atomic E-state index is 5.55. The zero-order chi connectivity index (χ0) is 19.4. The Labute approximate surface area is 168 Å². The van der Waals surface area contributed by atoms with Gasteiger partial charge in [0.1, 0.15) is 5.75 Å². The fraction of sp³-hybridized carbons (Fsp3) is 0.435. The van der Waals surface area contributed by atoms with E-state index in [1.54, 1.807) is 7.11 Å². The first-order valence-corrected chi connectivity index (χ1v) is 10.1. The van der Waals surface area contributed by atoms with Crippen molar-refractivity contribution in [3.05, 3.63) is 64.7 Å². The molecule has 1 unspecified atom stereocenters. The van der Waals surface area contributed by atoms with Gasteiger partial charge >= 0.3 is 0 Å². The molecule has 0 saturated heterocycles. The molecule has 0 saturated carbocycles. The third-order valence-corrected chi connectivity index (χ3v) is 5.51. The first-order chi connectivity index (χ1) is 12.9. The summed E-state index contributed by atoms with van der Waals surface area (Å²) in [6, 6.07) is 15.4. The maximum Gasteiger partial charge on any atom is 0.167 e. The molecule has 2 aromatic carbocycles. The lowest BCUT2D eigenvalue weighted by Crippen LogP contribution is -2.38. The zero-order valence-electron chi connectivity index (χ0n) is 16.8. The van der Waals surface area contributed by atoms with Crippen LogP contribution in [0.5, 0.6) is 5.75 Å². The molecule has 27 heavy (non-hydrogen) atoms. The second-order valence-corrected chi connectivity index (χ2v) is 8.69. The molecule has 0 amide bonds. The van der Waals surface area contributed by atoms with Crippen LogP contribution in [0.15, 0.2) is 42.5 Å². The summed E-state index contributed by atoms with van der Waals surface area (Å²) in [5, 5.41) is 7.56. The minimum absolute atomic E-state index is 0.180. The Morgan fingerprint density at radius 1 is 1.15 bits per heavy atom. The van der Waals surface area contributed by atoms with Crippen LogP contribution in [0.4, 0.5) is 0 Å². The Morgan fingerprint density at radius 2 is 1.89 bits per heavy atom. The molecule has 3 rings (SSSR count). The number of hydrogen-bond donors (Lipinski definition) is 2. The Morgan fingerprint density at radius 3 is 2.56 bits per heavy atom. The molecular weight excluding hydrogens is 352 g/mol. The standard InChI is InChI=1S/C23H30N2OS/c1-23(2,3)18-10-8-16(9-11-18)15-24-22(27)25-21-7-5-6-17-14-19(26-4)12-13-20(17)21/h8-14,21H,5-7,15H2,1-4H3,(H2,24,25,27). The van der Waals surface area contributed by atoms with Crippen molar-refractivity contribution in [2.75, 3.05) is 7.11 Å². The van der Waals surface area contributed by atoms with Crippen molar-refractivity contribution in [3.63, 3.8) is 0 Å². The van der Waals surface area contributed by atoms with Gasteiger partial charge in [-0.3, -0.25) is 0 Å². The molecule has 1 aliphatic rings. The average Bonchev–Trinajstić information content (AvgIpc) is 2.66. The summed E-state index contributed by atoms with van der Waals surface area (Å²) in [4.78, 5) is 0. The van der Waals surface area contributed by atoms with Gasteiger partial charge in [-0.2, -0.15) is 0 Å². The van der Waals surface area contributed by atoms with Gasteiger partial charge in [0.25, 0.3) is 0 Å². The highest BCUT2D eigenvalue weighted by atomic mass is 32.1. The second kappa shape index (κ2) is 8.30. The van der Waals surface area contributed by atoms with Crippen molar-refractivity contribution in [3.8, 4) is 5.75 Å². The quantitative estimate of drug-likeness (QED) is 0.726. The van der Waals surface area contributed by atoms with Crippen molar-refractivity contribution in [2.24, 2.45) is 0 Å². The number of fused-ring (bicyclic) bond motifs is 1. The van der Waals surface area contributed by atoms with Crippen LogP contribution in [-0.2, 0) is 18.4 Å². The molecule has 2 N–H and O–H groups in total. The molecule has 0 heterocycles. The van der Waals surface area contributed by atoms with Crippen molar-refractivity contribution in [1.82, 2.24) is 10.6 Å². The summed E-state index contributed by atoms with van der Waals surface area (Å²) in [6.07, 6.45) is 3.36. The predicted octanol–water partition coefficient (Wildman–Crippen LogP) is 5.03. The molecule has 1 aliphatic carbocycles. The highest BCUT2D eigenvalue weighted by Crippen LogP contribution is 2.32. The number of rotatable bonds is 4. The molecule has 0 aromatic heterocycles. The summed E-state index contributed by atoms with van der Waals surface area (Å²) in [6.45, 7) is 7.43. The highest BCUT2D eigenvalue weighted by molar-refractivity contribution is 7.80. The molecule has 1 atom stereocenters. The minimum Gasteiger partial charge on any atom is -0.497 e. The Balaban J connectivity index is 1.57. The van der Waals surface area contributed by atoms with Crippen molar-refractivity contribution >= 4 is 17.3 Å². The number of hydrogen-bond acceptors (Lipinski definition) is 2. The number of methoxy groups -OCH3 is 1. The summed E-state index contributed by atoms with van der Waals surface area (Å²) in [5.74, 6) is 0.925. The second-order valence-electron chi connectivity index (χ2n) is 8.28. The molecule has 144 valence electrons. The van der Waals surface area contributed by atoms with Gasteiger partial charge in [0.05, 0.1) is 13.2 Å². The normalized spacial score (nSPS) is 16.4. The summed E-state index contributed by atoms with van der Waals surface area (Å²) in [5.41, 5.74) is 5.46. The predicted molar refractivity (Wildman–Crippen MR) is 116 cm³/mol. The lowest BCUT2D eigenvalue weighted by Gasteiger charge is -2.28. The lowest BCUT2D eigenvalue weighted by atomic mass is 9.87. The molecule has 0 bridgehead atoms. The third kappa shape index (κ3) is 5.01. The van der Waals surface area contributed by atoms with E-state index in [0.29, 0.717) is 5.11 Å². The Hall–Kier alpha value is -2.07. The smallest absolute Gasteiger partial charge is 0.167 e. The van der Waals surface area contributed by atoms with Crippen LogP contribution in [-0.4, -0.2) is 12.2 Å². The van der Waals surface area contributed by atoms with Gasteiger partial charge in [0.2, 0.25) is 0 Å². The number of thiocarbonyl (C=S) groups is 1. The average molecular weight is 383 g/mol. The van der Waals surface area contributed by atoms with E-state index in [9.17, 15) is 0 Å². The van der Waals surface area contributed by atoms with Crippen LogP contribution in [0.25, 0.3) is 0 Å². The van der Waals surface area contributed by atoms with E-state index < -0.39 is 0 Å². The largest absolute Gasteiger partial charge is 0.497 e. The Kier molecular flexibility index (Phi) is 6.05. The molecule has 2 aromatic rings. The fourth-order valence-corrected chi connectivity index (χ4v) is 3.80. The van der Waals surface area contributed by atoms with E-state index in [4.69, 9.17) is 17.0 Å². The molecular formula is C23H30N2OS. The summed E-state index contributed by atoms with van der Waals surface area (Å²) < 4.78 is 5.35. The Bertz CT molecular complexity index is 793. The van der Waals surface area contributed by atoms with Crippen LogP contribution in [0.3, 0.4) is 0 Å². The number of benzene rings is 2. The van der Waals surface area contributed by atoms with Crippen molar-refractivity contribution < 1.29 is 4.74 Å². The fourth-order valence-electron chi connectivity index (χ4n) is 3.58. The number of aryl methyl sites for hydroxylation is 1. The first-order valence-electron chi connectivity index (χ1n) is 9.67. The summed E-state index contributed by atoms with van der Waals surface area (Å²) >= 11 is 5.55. The van der Waals surface area contributed by atoms with E-state index in [2.05, 4.69) is 67.8 Å². The zero-order valence-corrected chi connectivity index (χ0v) is 17.6. The monoisotopic (exact) mass is 382 g/mol. The van der Waals surface area contributed by atoms with Crippen molar-refractivity contribution in [2.45, 2.75) is 58.0 Å². The third-order valence-electron chi connectivity index (χ3n) is 5.24. The SMILES string of the molecule is COc1ccc2c(c1)CCCC2NC(=S)NCc1ccc(C(C)(C)C)cc1. The van der Waals surface area contributed by atoms with Crippen LogP contribution in [0.1, 0.15) is 61.9 Å². The van der Waals surface area contributed by atoms with Gasteiger partial charge in [-0.15, -0.1) is 0 Å². The van der Waals surface area contributed by atoms with E-state index in [0.717, 1.165) is 31.6 Å². The van der Waals surface area contributed by atoms with Crippen LogP contribution >= 0.6 is 12.2 Å². The molecule has 0 spiro atoms. The van der Waals surface area contributed by atoms with Gasteiger partial charge in [-0.25, -0.2) is 0 Å². The highest BCUT2D eigenvalue weighted by Gasteiger charge is 2.21. The molecule has 3 nitrogen and oxygen atoms in total. The number of nitrogens with one attached hydrogen (secondary N) is 2. The van der Waals surface area contributed by atoms with Gasteiger partial charge in [-0.05, 0) is 71.3 Å². The van der Waals surface area contributed by atoms with Gasteiger partial charge in [-0.1, -0.05) is 51.1 Å². The number of ether oxygens (including phenoxy) is 1. The topological polar surface area (TPSA) is 33.3 Å².